The van der Waals surface area contributed by atoms with E-state index in [0.717, 1.165) is 63.5 Å². The van der Waals surface area contributed by atoms with E-state index in [1.165, 1.54) is 18.4 Å². The number of benzene rings is 1. The van der Waals surface area contributed by atoms with Crippen LogP contribution in [0.5, 0.6) is 5.75 Å². The Morgan fingerprint density at radius 3 is 2.58 bits per heavy atom. The fourth-order valence-electron chi connectivity index (χ4n) is 4.15. The lowest BCUT2D eigenvalue weighted by atomic mass is 9.88. The second kappa shape index (κ2) is 7.57. The molecule has 0 aromatic heterocycles. The average Bonchev–Trinajstić information content (AvgIpc) is 3.42. The van der Waals surface area contributed by atoms with E-state index in [9.17, 15) is 4.79 Å². The van der Waals surface area contributed by atoms with Gasteiger partial charge in [-0.2, -0.15) is 0 Å². The number of hydrogen-bond donors (Lipinski definition) is 1. The molecule has 0 radical (unpaired) electrons. The Balaban J connectivity index is 1.24. The first-order valence-electron chi connectivity index (χ1n) is 9.97. The van der Waals surface area contributed by atoms with Crippen molar-refractivity contribution < 1.29 is 14.3 Å². The maximum Gasteiger partial charge on any atom is 0.249 e. The minimum absolute atomic E-state index is 0.0714. The summed E-state index contributed by atoms with van der Waals surface area (Å²) in [5.74, 6) is 1.72. The van der Waals surface area contributed by atoms with Gasteiger partial charge in [0, 0.05) is 26.2 Å². The normalized spacial score (nSPS) is 25.3. The quantitative estimate of drug-likeness (QED) is 0.850. The summed E-state index contributed by atoms with van der Waals surface area (Å²) >= 11 is 0. The van der Waals surface area contributed by atoms with Crippen molar-refractivity contribution >= 4 is 5.91 Å². The molecule has 4 rings (SSSR count). The molecule has 2 heterocycles. The number of carbonyl (C=O) groups is 1. The highest BCUT2D eigenvalue weighted by atomic mass is 16.5. The third-order valence-electron chi connectivity index (χ3n) is 6.14. The number of hydrogen-bond acceptors (Lipinski definition) is 4. The average molecular weight is 358 g/mol. The first-order valence-corrected chi connectivity index (χ1v) is 9.97. The number of rotatable bonds is 6. The number of amides is 1. The zero-order valence-corrected chi connectivity index (χ0v) is 15.7. The van der Waals surface area contributed by atoms with Crippen LogP contribution < -0.4 is 10.1 Å². The van der Waals surface area contributed by atoms with Crippen LogP contribution in [0, 0.1) is 5.92 Å². The van der Waals surface area contributed by atoms with E-state index in [1.807, 2.05) is 12.1 Å². The molecule has 5 heteroatoms. The minimum Gasteiger partial charge on any atom is -0.497 e. The Labute approximate surface area is 156 Å². The second-order valence-corrected chi connectivity index (χ2v) is 8.14. The molecule has 2 saturated heterocycles. The van der Waals surface area contributed by atoms with Gasteiger partial charge in [-0.3, -0.25) is 9.69 Å². The monoisotopic (exact) mass is 358 g/mol. The van der Waals surface area contributed by atoms with E-state index in [1.54, 1.807) is 7.11 Å². The van der Waals surface area contributed by atoms with Crippen LogP contribution in [-0.2, 0) is 16.1 Å². The minimum atomic E-state index is -0.234. The summed E-state index contributed by atoms with van der Waals surface area (Å²) in [6.45, 7) is 3.86. The fourth-order valence-corrected chi connectivity index (χ4v) is 4.15. The Bertz CT molecular complexity index is 619. The standard InChI is InChI=1S/C21H30N2O3/c1-25-18-6-4-17(5-7-18)15-23-12-10-21(11-13-23)9-8-19(26-21)20(24)22-14-16-2-3-16/h4-7,16,19H,2-3,8-15H2,1H3,(H,22,24). The molecule has 1 atom stereocenters. The molecule has 26 heavy (non-hydrogen) atoms. The van der Waals surface area contributed by atoms with Gasteiger partial charge in [-0.1, -0.05) is 12.1 Å². The number of nitrogens with one attached hydrogen (secondary N) is 1. The van der Waals surface area contributed by atoms with Crippen molar-refractivity contribution in [2.24, 2.45) is 5.92 Å². The predicted octanol–water partition coefficient (Wildman–Crippen LogP) is 2.74. The summed E-state index contributed by atoms with van der Waals surface area (Å²) in [5, 5.41) is 3.07. The molecule has 2 aliphatic heterocycles. The van der Waals surface area contributed by atoms with Gasteiger partial charge in [-0.25, -0.2) is 0 Å². The van der Waals surface area contributed by atoms with Gasteiger partial charge in [0.1, 0.15) is 11.9 Å². The number of piperidine rings is 1. The number of carbonyl (C=O) groups excluding carboxylic acids is 1. The van der Waals surface area contributed by atoms with Crippen LogP contribution in [0.2, 0.25) is 0 Å². The molecule has 142 valence electrons. The zero-order valence-electron chi connectivity index (χ0n) is 15.7. The van der Waals surface area contributed by atoms with Gasteiger partial charge < -0.3 is 14.8 Å². The Morgan fingerprint density at radius 2 is 1.92 bits per heavy atom. The van der Waals surface area contributed by atoms with Gasteiger partial charge >= 0.3 is 0 Å². The number of nitrogens with zero attached hydrogens (tertiary/aromatic N) is 1. The van der Waals surface area contributed by atoms with Crippen molar-refractivity contribution in [2.45, 2.75) is 56.8 Å². The van der Waals surface area contributed by atoms with Crippen LogP contribution >= 0.6 is 0 Å². The Kier molecular flexibility index (Phi) is 5.18. The van der Waals surface area contributed by atoms with Crippen molar-refractivity contribution in [3.05, 3.63) is 29.8 Å². The largest absolute Gasteiger partial charge is 0.497 e. The third kappa shape index (κ3) is 4.21. The van der Waals surface area contributed by atoms with Crippen molar-refractivity contribution in [2.75, 3.05) is 26.7 Å². The van der Waals surface area contributed by atoms with Crippen LogP contribution in [0.15, 0.2) is 24.3 Å². The second-order valence-electron chi connectivity index (χ2n) is 8.14. The number of ether oxygens (including phenoxy) is 2. The van der Waals surface area contributed by atoms with Gasteiger partial charge in [0.15, 0.2) is 0 Å². The maximum absolute atomic E-state index is 12.3. The molecule has 3 aliphatic rings. The van der Waals surface area contributed by atoms with Gasteiger partial charge in [0.05, 0.1) is 12.7 Å². The number of likely N-dealkylation sites (tertiary alicyclic amines) is 1. The Hall–Kier alpha value is -1.59. The molecule has 1 aromatic carbocycles. The Morgan fingerprint density at radius 1 is 1.19 bits per heavy atom. The first-order chi connectivity index (χ1) is 12.7. The smallest absolute Gasteiger partial charge is 0.249 e. The van der Waals surface area contributed by atoms with Crippen molar-refractivity contribution in [3.8, 4) is 5.75 Å². The molecular formula is C21H30N2O3. The molecule has 1 spiro atoms. The van der Waals surface area contributed by atoms with Crippen LogP contribution in [0.3, 0.4) is 0 Å². The fraction of sp³-hybridized carbons (Fsp3) is 0.667. The molecule has 1 N–H and O–H groups in total. The van der Waals surface area contributed by atoms with Crippen molar-refractivity contribution in [1.29, 1.82) is 0 Å². The van der Waals surface area contributed by atoms with E-state index in [2.05, 4.69) is 22.3 Å². The van der Waals surface area contributed by atoms with Crippen molar-refractivity contribution in [3.63, 3.8) is 0 Å². The van der Waals surface area contributed by atoms with E-state index < -0.39 is 0 Å². The summed E-state index contributed by atoms with van der Waals surface area (Å²) in [4.78, 5) is 14.8. The lowest BCUT2D eigenvalue weighted by Gasteiger charge is -2.39. The van der Waals surface area contributed by atoms with E-state index in [0.29, 0.717) is 0 Å². The topological polar surface area (TPSA) is 50.8 Å². The predicted molar refractivity (Wildman–Crippen MR) is 100 cm³/mol. The summed E-state index contributed by atoms with van der Waals surface area (Å²) < 4.78 is 11.5. The molecule has 1 aromatic rings. The van der Waals surface area contributed by atoms with Gasteiger partial charge in [0.2, 0.25) is 5.91 Å². The summed E-state index contributed by atoms with van der Waals surface area (Å²) in [5.41, 5.74) is 1.24. The summed E-state index contributed by atoms with van der Waals surface area (Å²) in [7, 11) is 1.69. The van der Waals surface area contributed by atoms with Crippen LogP contribution in [0.4, 0.5) is 0 Å². The first kappa shape index (κ1) is 17.8. The van der Waals surface area contributed by atoms with E-state index in [4.69, 9.17) is 9.47 Å². The molecule has 5 nitrogen and oxygen atoms in total. The van der Waals surface area contributed by atoms with Gasteiger partial charge in [-0.05, 0) is 62.1 Å². The number of methoxy groups -OCH3 is 1. The molecule has 1 unspecified atom stereocenters. The van der Waals surface area contributed by atoms with Gasteiger partial charge in [-0.15, -0.1) is 0 Å². The summed E-state index contributed by atoms with van der Waals surface area (Å²) in [6, 6.07) is 8.31. The summed E-state index contributed by atoms with van der Waals surface area (Å²) in [6.07, 6.45) is 6.23. The van der Waals surface area contributed by atoms with E-state index in [-0.39, 0.29) is 17.6 Å². The molecule has 0 bridgehead atoms. The molecule has 1 aliphatic carbocycles. The zero-order chi connectivity index (χ0) is 18.0. The SMILES string of the molecule is COc1ccc(CN2CCC3(CCC(C(=O)NCC4CC4)O3)CC2)cc1. The molecule has 3 fully saturated rings. The third-order valence-corrected chi connectivity index (χ3v) is 6.14. The maximum atomic E-state index is 12.3. The van der Waals surface area contributed by atoms with E-state index >= 15 is 0 Å². The van der Waals surface area contributed by atoms with Crippen LogP contribution in [-0.4, -0.2) is 49.3 Å². The molecule has 1 amide bonds. The molecular weight excluding hydrogens is 328 g/mol. The van der Waals surface area contributed by atoms with Gasteiger partial charge in [0.25, 0.3) is 0 Å². The highest BCUT2D eigenvalue weighted by Crippen LogP contribution is 2.39. The lowest BCUT2D eigenvalue weighted by molar-refractivity contribution is -0.140. The highest BCUT2D eigenvalue weighted by molar-refractivity contribution is 5.81. The highest BCUT2D eigenvalue weighted by Gasteiger charge is 2.44. The lowest BCUT2D eigenvalue weighted by Crippen LogP contribution is -2.45. The van der Waals surface area contributed by atoms with Crippen LogP contribution in [0.25, 0.3) is 0 Å². The molecule has 1 saturated carbocycles. The van der Waals surface area contributed by atoms with Crippen LogP contribution in [0.1, 0.15) is 44.1 Å². The van der Waals surface area contributed by atoms with Crippen molar-refractivity contribution in [1.82, 2.24) is 10.2 Å².